The fourth-order valence-electron chi connectivity index (χ4n) is 1.96. The Morgan fingerprint density at radius 3 is 2.50 bits per heavy atom. The van der Waals surface area contributed by atoms with Crippen molar-refractivity contribution in [2.75, 3.05) is 6.61 Å². The third-order valence-electron chi connectivity index (χ3n) is 3.19. The maximum absolute atomic E-state index is 11.9. The molecule has 2 heterocycles. The molecule has 0 aromatic carbocycles. The van der Waals surface area contributed by atoms with Gasteiger partial charge in [-0.2, -0.15) is 5.10 Å². The Kier molecular flexibility index (Phi) is 3.07. The second kappa shape index (κ2) is 4.40. The maximum Gasteiger partial charge on any atom is 0.343 e. The van der Waals surface area contributed by atoms with E-state index in [0.29, 0.717) is 23.5 Å². The molecule has 96 valence electrons. The van der Waals surface area contributed by atoms with Crippen LogP contribution in [0.1, 0.15) is 39.9 Å². The predicted octanol–water partition coefficient (Wildman–Crippen LogP) is 2.14. The van der Waals surface area contributed by atoms with Crippen molar-refractivity contribution in [3.05, 3.63) is 28.2 Å². The number of fused-ring (bicyclic) bond motifs is 1. The standard InChI is InChI=1S/C13H17N3O2/c1-6-18-13(17)11-9(4)15-16-10(5)7(2)8(3)14-12(11)16/h6H2,1-5H3. The second-order valence-electron chi connectivity index (χ2n) is 4.32. The summed E-state index contributed by atoms with van der Waals surface area (Å²) in [6.07, 6.45) is 0. The fourth-order valence-corrected chi connectivity index (χ4v) is 1.96. The summed E-state index contributed by atoms with van der Waals surface area (Å²) in [7, 11) is 0. The van der Waals surface area contributed by atoms with Crippen LogP contribution in [0.25, 0.3) is 5.65 Å². The quantitative estimate of drug-likeness (QED) is 0.763. The molecule has 0 amide bonds. The number of ether oxygens (including phenoxy) is 1. The van der Waals surface area contributed by atoms with E-state index in [2.05, 4.69) is 10.1 Å². The van der Waals surface area contributed by atoms with Crippen LogP contribution in [0.5, 0.6) is 0 Å². The number of hydrogen-bond donors (Lipinski definition) is 0. The van der Waals surface area contributed by atoms with Crippen molar-refractivity contribution in [3.63, 3.8) is 0 Å². The number of hydrogen-bond acceptors (Lipinski definition) is 4. The first-order valence-electron chi connectivity index (χ1n) is 5.97. The molecule has 0 aliphatic rings. The molecule has 0 bridgehead atoms. The average Bonchev–Trinajstić information content (AvgIpc) is 2.63. The Bertz CT molecular complexity index is 629. The highest BCUT2D eigenvalue weighted by Gasteiger charge is 2.21. The van der Waals surface area contributed by atoms with Gasteiger partial charge in [-0.3, -0.25) is 0 Å². The van der Waals surface area contributed by atoms with Gasteiger partial charge >= 0.3 is 5.97 Å². The highest BCUT2D eigenvalue weighted by atomic mass is 16.5. The van der Waals surface area contributed by atoms with E-state index in [1.54, 1.807) is 18.4 Å². The van der Waals surface area contributed by atoms with E-state index in [-0.39, 0.29) is 5.97 Å². The SMILES string of the molecule is CCOC(=O)c1c(C)nn2c(C)c(C)c(C)nc12. The topological polar surface area (TPSA) is 56.5 Å². The molecule has 0 saturated carbocycles. The summed E-state index contributed by atoms with van der Waals surface area (Å²) >= 11 is 0. The van der Waals surface area contributed by atoms with Gasteiger partial charge in [0.2, 0.25) is 0 Å². The zero-order valence-electron chi connectivity index (χ0n) is 11.4. The molecule has 5 nitrogen and oxygen atoms in total. The lowest BCUT2D eigenvalue weighted by Crippen LogP contribution is -2.08. The Hall–Kier alpha value is -1.91. The number of esters is 1. The highest BCUT2D eigenvalue weighted by molar-refractivity contribution is 5.97. The van der Waals surface area contributed by atoms with E-state index >= 15 is 0 Å². The Morgan fingerprint density at radius 2 is 1.89 bits per heavy atom. The summed E-state index contributed by atoms with van der Waals surface area (Å²) in [5, 5.41) is 4.37. The lowest BCUT2D eigenvalue weighted by molar-refractivity contribution is 0.0527. The van der Waals surface area contributed by atoms with Gasteiger partial charge in [0.05, 0.1) is 12.3 Å². The third-order valence-corrected chi connectivity index (χ3v) is 3.19. The van der Waals surface area contributed by atoms with Gasteiger partial charge in [0, 0.05) is 11.4 Å². The van der Waals surface area contributed by atoms with Gasteiger partial charge in [-0.25, -0.2) is 14.3 Å². The number of rotatable bonds is 2. The van der Waals surface area contributed by atoms with Crippen LogP contribution in [0, 0.1) is 27.7 Å². The number of aromatic nitrogens is 3. The van der Waals surface area contributed by atoms with Gasteiger partial charge in [0.15, 0.2) is 5.65 Å². The molecule has 0 N–H and O–H groups in total. The average molecular weight is 247 g/mol. The van der Waals surface area contributed by atoms with Gasteiger partial charge in [0.25, 0.3) is 0 Å². The third kappa shape index (κ3) is 1.75. The summed E-state index contributed by atoms with van der Waals surface area (Å²) in [6.45, 7) is 9.83. The summed E-state index contributed by atoms with van der Waals surface area (Å²) in [5.41, 5.74) is 4.67. The van der Waals surface area contributed by atoms with Crippen LogP contribution >= 0.6 is 0 Å². The molecule has 0 spiro atoms. The van der Waals surface area contributed by atoms with Crippen LogP contribution in [0.2, 0.25) is 0 Å². The molecule has 2 aromatic heterocycles. The number of carbonyl (C=O) groups excluding carboxylic acids is 1. The molecule has 0 aliphatic heterocycles. The Morgan fingerprint density at radius 1 is 1.22 bits per heavy atom. The molecule has 0 unspecified atom stereocenters. The van der Waals surface area contributed by atoms with Crippen molar-refractivity contribution in [2.24, 2.45) is 0 Å². The molecule has 0 atom stereocenters. The van der Waals surface area contributed by atoms with Crippen LogP contribution in [0.15, 0.2) is 0 Å². The van der Waals surface area contributed by atoms with Crippen molar-refractivity contribution in [1.82, 2.24) is 14.6 Å². The van der Waals surface area contributed by atoms with E-state index in [9.17, 15) is 4.79 Å². The highest BCUT2D eigenvalue weighted by Crippen LogP contribution is 2.19. The zero-order chi connectivity index (χ0) is 13.4. The minimum Gasteiger partial charge on any atom is -0.462 e. The summed E-state index contributed by atoms with van der Waals surface area (Å²) in [4.78, 5) is 16.4. The number of nitrogens with zero attached hydrogens (tertiary/aromatic N) is 3. The van der Waals surface area contributed by atoms with E-state index < -0.39 is 0 Å². The van der Waals surface area contributed by atoms with Crippen molar-refractivity contribution in [1.29, 1.82) is 0 Å². The first-order valence-corrected chi connectivity index (χ1v) is 5.97. The number of aryl methyl sites for hydroxylation is 3. The minimum atomic E-state index is -0.361. The van der Waals surface area contributed by atoms with Crippen molar-refractivity contribution in [2.45, 2.75) is 34.6 Å². The van der Waals surface area contributed by atoms with Gasteiger partial charge in [-0.15, -0.1) is 0 Å². The van der Waals surface area contributed by atoms with E-state index in [4.69, 9.17) is 4.74 Å². The van der Waals surface area contributed by atoms with Gasteiger partial charge < -0.3 is 4.74 Å². The fraction of sp³-hybridized carbons (Fsp3) is 0.462. The zero-order valence-corrected chi connectivity index (χ0v) is 11.4. The summed E-state index contributed by atoms with van der Waals surface area (Å²) < 4.78 is 6.77. The van der Waals surface area contributed by atoms with Gasteiger partial charge in [0.1, 0.15) is 5.56 Å². The van der Waals surface area contributed by atoms with Crippen molar-refractivity contribution >= 4 is 11.6 Å². The number of carbonyl (C=O) groups is 1. The first-order chi connectivity index (χ1) is 8.47. The van der Waals surface area contributed by atoms with Crippen LogP contribution in [-0.2, 0) is 4.74 Å². The Labute approximate surface area is 106 Å². The largest absolute Gasteiger partial charge is 0.462 e. The lowest BCUT2D eigenvalue weighted by atomic mass is 10.2. The van der Waals surface area contributed by atoms with Crippen LogP contribution in [-0.4, -0.2) is 27.2 Å². The second-order valence-corrected chi connectivity index (χ2v) is 4.32. The molecule has 2 rings (SSSR count). The summed E-state index contributed by atoms with van der Waals surface area (Å²) in [6, 6.07) is 0. The minimum absolute atomic E-state index is 0.347. The molecule has 18 heavy (non-hydrogen) atoms. The molecular weight excluding hydrogens is 230 g/mol. The molecule has 0 fully saturated rings. The summed E-state index contributed by atoms with van der Waals surface area (Å²) in [5.74, 6) is -0.361. The molecule has 5 heteroatoms. The maximum atomic E-state index is 11.9. The van der Waals surface area contributed by atoms with E-state index in [1.807, 2.05) is 20.8 Å². The monoisotopic (exact) mass is 247 g/mol. The van der Waals surface area contributed by atoms with E-state index in [1.165, 1.54) is 0 Å². The van der Waals surface area contributed by atoms with Crippen LogP contribution in [0.3, 0.4) is 0 Å². The molecular formula is C13H17N3O2. The lowest BCUT2D eigenvalue weighted by Gasteiger charge is -2.06. The molecule has 0 radical (unpaired) electrons. The van der Waals surface area contributed by atoms with Crippen LogP contribution in [0.4, 0.5) is 0 Å². The molecule has 2 aromatic rings. The van der Waals surface area contributed by atoms with Crippen LogP contribution < -0.4 is 0 Å². The van der Waals surface area contributed by atoms with E-state index in [0.717, 1.165) is 17.0 Å². The molecule has 0 aliphatic carbocycles. The Balaban J connectivity index is 2.76. The van der Waals surface area contributed by atoms with Crippen molar-refractivity contribution < 1.29 is 9.53 Å². The van der Waals surface area contributed by atoms with Gasteiger partial charge in [-0.1, -0.05) is 0 Å². The molecule has 0 saturated heterocycles. The van der Waals surface area contributed by atoms with Crippen molar-refractivity contribution in [3.8, 4) is 0 Å². The normalized spacial score (nSPS) is 10.9. The predicted molar refractivity (Wildman–Crippen MR) is 67.9 cm³/mol. The first kappa shape index (κ1) is 12.5. The van der Waals surface area contributed by atoms with Gasteiger partial charge in [-0.05, 0) is 40.2 Å². The smallest absolute Gasteiger partial charge is 0.343 e.